The number of nitrogens with zero attached hydrogens (tertiary/aromatic N) is 3. The van der Waals surface area contributed by atoms with Crippen LogP contribution in [0, 0.1) is 0 Å². The van der Waals surface area contributed by atoms with Crippen molar-refractivity contribution in [3.05, 3.63) is 51.1 Å². The first-order valence-corrected chi connectivity index (χ1v) is 12.6. The lowest BCUT2D eigenvalue weighted by molar-refractivity contribution is -0.132. The highest BCUT2D eigenvalue weighted by Crippen LogP contribution is 2.34. The molecule has 0 N–H and O–H groups in total. The lowest BCUT2D eigenvalue weighted by Gasteiger charge is -2.26. The molecule has 1 aliphatic carbocycles. The topological polar surface area (TPSA) is 64.4 Å². The van der Waals surface area contributed by atoms with E-state index in [0.29, 0.717) is 31.5 Å². The third-order valence-electron chi connectivity index (χ3n) is 5.91. The summed E-state index contributed by atoms with van der Waals surface area (Å²) in [5.74, 6) is 0.319. The number of para-hydroxylation sites is 1. The number of fused-ring (bicyclic) bond motifs is 3. The van der Waals surface area contributed by atoms with E-state index < -0.39 is 0 Å². The van der Waals surface area contributed by atoms with E-state index in [2.05, 4.69) is 0 Å². The van der Waals surface area contributed by atoms with E-state index in [9.17, 15) is 9.59 Å². The normalized spacial score (nSPS) is 16.8. The molecule has 0 unspecified atom stereocenters. The van der Waals surface area contributed by atoms with Crippen molar-refractivity contribution < 1.29 is 9.53 Å². The van der Waals surface area contributed by atoms with Gasteiger partial charge in [-0.3, -0.25) is 14.2 Å². The summed E-state index contributed by atoms with van der Waals surface area (Å²) < 4.78 is 7.04. The Hall–Kier alpha value is -2.16. The Balaban J connectivity index is 1.56. The highest BCUT2D eigenvalue weighted by molar-refractivity contribution is 7.99. The maximum absolute atomic E-state index is 13.7. The van der Waals surface area contributed by atoms with Gasteiger partial charge >= 0.3 is 0 Å². The Morgan fingerprint density at radius 3 is 2.68 bits per heavy atom. The number of rotatable bonds is 4. The number of carbonyl (C=O) groups is 1. The summed E-state index contributed by atoms with van der Waals surface area (Å²) in [6.45, 7) is 2.40. The Morgan fingerprint density at radius 1 is 1.10 bits per heavy atom. The summed E-state index contributed by atoms with van der Waals surface area (Å²) in [5.41, 5.74) is 1.97. The summed E-state index contributed by atoms with van der Waals surface area (Å²) in [6.07, 6.45) is 5.47. The second-order valence-corrected chi connectivity index (χ2v) is 9.92. The predicted octanol–water partition coefficient (Wildman–Crippen LogP) is 3.67. The van der Waals surface area contributed by atoms with Gasteiger partial charge in [-0.15, -0.1) is 11.3 Å². The minimum absolute atomic E-state index is 0.0167. The molecular weight excluding hydrogens is 430 g/mol. The van der Waals surface area contributed by atoms with E-state index in [4.69, 9.17) is 9.72 Å². The fraction of sp³-hybridized carbons (Fsp3) is 0.435. The Bertz CT molecular complexity index is 1150. The van der Waals surface area contributed by atoms with Crippen LogP contribution in [-0.2, 0) is 22.4 Å². The van der Waals surface area contributed by atoms with Crippen LogP contribution in [0.5, 0.6) is 0 Å². The van der Waals surface area contributed by atoms with Gasteiger partial charge < -0.3 is 9.64 Å². The molecule has 0 spiro atoms. The minimum atomic E-state index is -0.0167. The second-order valence-electron chi connectivity index (χ2n) is 7.90. The fourth-order valence-corrected chi connectivity index (χ4v) is 6.51. The van der Waals surface area contributed by atoms with Crippen LogP contribution in [0.3, 0.4) is 0 Å². The number of morpholine rings is 1. The number of thiophene rings is 1. The molecule has 3 heterocycles. The van der Waals surface area contributed by atoms with Crippen molar-refractivity contribution in [1.29, 1.82) is 0 Å². The van der Waals surface area contributed by atoms with E-state index in [1.165, 1.54) is 35.0 Å². The predicted molar refractivity (Wildman–Crippen MR) is 125 cm³/mol. The van der Waals surface area contributed by atoms with Crippen LogP contribution in [0.15, 0.2) is 40.3 Å². The monoisotopic (exact) mass is 455 g/mol. The largest absolute Gasteiger partial charge is 0.378 e. The van der Waals surface area contributed by atoms with Gasteiger partial charge in [0.15, 0.2) is 5.16 Å². The van der Waals surface area contributed by atoms with Crippen molar-refractivity contribution in [2.45, 2.75) is 37.3 Å². The van der Waals surface area contributed by atoms with Crippen LogP contribution < -0.4 is 5.56 Å². The number of benzene rings is 1. The molecule has 8 heteroatoms. The average molecular weight is 456 g/mol. The number of amides is 1. The number of hydrogen-bond donors (Lipinski definition) is 0. The van der Waals surface area contributed by atoms with E-state index in [-0.39, 0.29) is 17.2 Å². The number of aryl methyl sites for hydroxylation is 2. The van der Waals surface area contributed by atoms with Gasteiger partial charge in [-0.25, -0.2) is 4.98 Å². The molecule has 1 amide bonds. The van der Waals surface area contributed by atoms with Gasteiger partial charge in [0.1, 0.15) is 4.83 Å². The molecule has 0 saturated carbocycles. The molecule has 0 atom stereocenters. The lowest BCUT2D eigenvalue weighted by Crippen LogP contribution is -2.41. The summed E-state index contributed by atoms with van der Waals surface area (Å²) in [7, 11) is 0. The van der Waals surface area contributed by atoms with Crippen LogP contribution in [-0.4, -0.2) is 52.4 Å². The van der Waals surface area contributed by atoms with Gasteiger partial charge in [0, 0.05) is 18.0 Å². The second kappa shape index (κ2) is 9.14. The molecule has 1 aliphatic heterocycles. The van der Waals surface area contributed by atoms with Crippen LogP contribution >= 0.6 is 23.1 Å². The molecule has 6 nitrogen and oxygen atoms in total. The molecule has 1 fully saturated rings. The van der Waals surface area contributed by atoms with Crippen molar-refractivity contribution in [3.63, 3.8) is 0 Å². The number of thioether (sulfide) groups is 1. The lowest BCUT2D eigenvalue weighted by atomic mass is 10.1. The van der Waals surface area contributed by atoms with Gasteiger partial charge in [0.2, 0.25) is 5.91 Å². The zero-order valence-corrected chi connectivity index (χ0v) is 19.0. The van der Waals surface area contributed by atoms with Crippen molar-refractivity contribution in [3.8, 4) is 5.69 Å². The van der Waals surface area contributed by atoms with E-state index in [1.54, 1.807) is 15.9 Å². The third kappa shape index (κ3) is 4.16. The Labute approximate surface area is 189 Å². The minimum Gasteiger partial charge on any atom is -0.378 e. The van der Waals surface area contributed by atoms with Crippen molar-refractivity contribution in [1.82, 2.24) is 14.5 Å². The molecule has 1 saturated heterocycles. The molecular formula is C23H25N3O3S2. The average Bonchev–Trinajstić information content (AvgIpc) is 3.00. The number of ether oxygens (including phenoxy) is 1. The maximum atomic E-state index is 13.7. The molecule has 0 radical (unpaired) electrons. The van der Waals surface area contributed by atoms with Crippen LogP contribution in [0.4, 0.5) is 0 Å². The molecule has 31 heavy (non-hydrogen) atoms. The molecule has 162 valence electrons. The first-order chi connectivity index (χ1) is 15.2. The Kier molecular flexibility index (Phi) is 6.11. The highest BCUT2D eigenvalue weighted by Gasteiger charge is 2.23. The summed E-state index contributed by atoms with van der Waals surface area (Å²) >= 11 is 3.01. The number of hydrogen-bond acceptors (Lipinski definition) is 6. The van der Waals surface area contributed by atoms with Crippen molar-refractivity contribution in [2.75, 3.05) is 32.1 Å². The van der Waals surface area contributed by atoms with Crippen molar-refractivity contribution in [2.24, 2.45) is 0 Å². The van der Waals surface area contributed by atoms with E-state index in [0.717, 1.165) is 35.2 Å². The standard InChI is InChI=1S/C23H25N3O3S2/c27-19(25-11-13-29-14-12-25)15-30-23-24-21-20(17-9-5-2-6-10-18(17)31-21)22(28)26(23)16-7-3-1-4-8-16/h1,3-4,7-8H,2,5-6,9-15H2. The fourth-order valence-electron chi connectivity index (χ4n) is 4.30. The molecule has 0 bridgehead atoms. The van der Waals surface area contributed by atoms with Crippen LogP contribution in [0.2, 0.25) is 0 Å². The molecule has 2 aromatic heterocycles. The quantitative estimate of drug-likeness (QED) is 0.341. The molecule has 1 aromatic carbocycles. The maximum Gasteiger partial charge on any atom is 0.267 e. The number of carbonyl (C=O) groups excluding carboxylic acids is 1. The molecule has 3 aromatic rings. The Morgan fingerprint density at radius 2 is 1.87 bits per heavy atom. The first kappa shape index (κ1) is 20.7. The van der Waals surface area contributed by atoms with Gasteiger partial charge in [-0.2, -0.15) is 0 Å². The van der Waals surface area contributed by atoms with Crippen molar-refractivity contribution >= 4 is 39.2 Å². The first-order valence-electron chi connectivity index (χ1n) is 10.8. The van der Waals surface area contributed by atoms with Gasteiger partial charge in [0.05, 0.1) is 30.0 Å². The van der Waals surface area contributed by atoms with Crippen LogP contribution in [0.25, 0.3) is 15.9 Å². The number of aromatic nitrogens is 2. The van der Waals surface area contributed by atoms with E-state index >= 15 is 0 Å². The summed E-state index contributed by atoms with van der Waals surface area (Å²) in [4.78, 5) is 35.3. The van der Waals surface area contributed by atoms with Gasteiger partial charge in [-0.1, -0.05) is 36.4 Å². The summed E-state index contributed by atoms with van der Waals surface area (Å²) in [5, 5.41) is 1.36. The van der Waals surface area contributed by atoms with Gasteiger partial charge in [-0.05, 0) is 43.4 Å². The smallest absolute Gasteiger partial charge is 0.267 e. The third-order valence-corrected chi connectivity index (χ3v) is 8.02. The van der Waals surface area contributed by atoms with Crippen LogP contribution in [0.1, 0.15) is 29.7 Å². The SMILES string of the molecule is O=C(CSc1nc2sc3c(c2c(=O)n1-c1ccccc1)CCCCC3)N1CCOCC1. The zero-order chi connectivity index (χ0) is 21.2. The molecule has 5 rings (SSSR count). The van der Waals surface area contributed by atoms with Gasteiger partial charge in [0.25, 0.3) is 5.56 Å². The summed E-state index contributed by atoms with van der Waals surface area (Å²) in [6, 6.07) is 9.63. The molecule has 2 aliphatic rings. The highest BCUT2D eigenvalue weighted by atomic mass is 32.2. The zero-order valence-electron chi connectivity index (χ0n) is 17.3. The van der Waals surface area contributed by atoms with E-state index in [1.807, 2.05) is 35.2 Å².